The Morgan fingerprint density at radius 2 is 1.62 bits per heavy atom. The summed E-state index contributed by atoms with van der Waals surface area (Å²) in [6.07, 6.45) is 7.40. The Morgan fingerprint density at radius 1 is 1.08 bits per heavy atom. The predicted octanol–water partition coefficient (Wildman–Crippen LogP) is 3.12. The monoisotopic (exact) mass is 330 g/mol. The van der Waals surface area contributed by atoms with Gasteiger partial charge in [0.1, 0.15) is 5.69 Å². The highest BCUT2D eigenvalue weighted by atomic mass is 16.5. The number of aromatic nitrogens is 1. The molecule has 1 heterocycles. The predicted molar refractivity (Wildman–Crippen MR) is 90.0 cm³/mol. The number of hydrogen-bond donors (Lipinski definition) is 2. The van der Waals surface area contributed by atoms with Gasteiger partial charge in [0.05, 0.1) is 12.7 Å². The van der Waals surface area contributed by atoms with Gasteiger partial charge < -0.3 is 15.0 Å². The van der Waals surface area contributed by atoms with Gasteiger partial charge in [-0.25, -0.2) is 4.79 Å². The molecule has 1 aromatic heterocycles. The molecule has 4 fully saturated rings. The number of carbonyl (C=O) groups is 2. The first-order valence-corrected chi connectivity index (χ1v) is 9.01. The molecule has 130 valence electrons. The number of nitrogens with one attached hydrogen (secondary N) is 2. The minimum atomic E-state index is -0.393. The summed E-state index contributed by atoms with van der Waals surface area (Å²) in [5.74, 6) is 1.89. The van der Waals surface area contributed by atoms with Gasteiger partial charge in [0.2, 0.25) is 0 Å². The maximum absolute atomic E-state index is 12.9. The average molecular weight is 330 g/mol. The van der Waals surface area contributed by atoms with Gasteiger partial charge >= 0.3 is 5.97 Å². The van der Waals surface area contributed by atoms with Crippen molar-refractivity contribution >= 4 is 11.9 Å². The molecule has 5 rings (SSSR count). The molecule has 24 heavy (non-hydrogen) atoms. The quantitative estimate of drug-likeness (QED) is 0.837. The van der Waals surface area contributed by atoms with Crippen LogP contribution < -0.4 is 5.32 Å². The SMILES string of the molecule is COC(=O)c1c(C)[nH]c(C(=O)NC23CC4CC(CC(C4)C2)C3)c1C. The number of H-pyrrole nitrogens is 1. The van der Waals surface area contributed by atoms with E-state index in [1.807, 2.05) is 6.92 Å². The van der Waals surface area contributed by atoms with E-state index in [0.717, 1.165) is 37.0 Å². The zero-order valence-electron chi connectivity index (χ0n) is 14.7. The first-order chi connectivity index (χ1) is 11.4. The van der Waals surface area contributed by atoms with E-state index in [4.69, 9.17) is 4.74 Å². The highest BCUT2D eigenvalue weighted by molar-refractivity contribution is 6.00. The first kappa shape index (κ1) is 15.7. The molecule has 0 unspecified atom stereocenters. The summed E-state index contributed by atoms with van der Waals surface area (Å²) in [6, 6.07) is 0. The van der Waals surface area contributed by atoms with Crippen molar-refractivity contribution in [3.63, 3.8) is 0 Å². The molecule has 5 nitrogen and oxygen atoms in total. The fraction of sp³-hybridized carbons (Fsp3) is 0.684. The lowest BCUT2D eigenvalue weighted by atomic mass is 9.53. The van der Waals surface area contributed by atoms with Gasteiger partial charge in [0.25, 0.3) is 5.91 Å². The van der Waals surface area contributed by atoms with E-state index in [9.17, 15) is 9.59 Å². The standard InChI is InChI=1S/C19H26N2O3/c1-10-15(18(23)24-3)11(2)20-16(10)17(22)21-19-7-12-4-13(8-19)6-14(5-12)9-19/h12-14,20H,4-9H2,1-3H3,(H,21,22). The minimum Gasteiger partial charge on any atom is -0.465 e. The van der Waals surface area contributed by atoms with Crippen molar-refractivity contribution in [3.8, 4) is 0 Å². The lowest BCUT2D eigenvalue weighted by molar-refractivity contribution is -0.0167. The Kier molecular flexibility index (Phi) is 3.52. The fourth-order valence-electron chi connectivity index (χ4n) is 5.95. The fourth-order valence-corrected chi connectivity index (χ4v) is 5.95. The summed E-state index contributed by atoms with van der Waals surface area (Å²) in [4.78, 5) is 28.0. The van der Waals surface area contributed by atoms with Crippen molar-refractivity contribution in [2.45, 2.75) is 57.9 Å². The van der Waals surface area contributed by atoms with Crippen LogP contribution in [0.15, 0.2) is 0 Å². The van der Waals surface area contributed by atoms with E-state index < -0.39 is 5.97 Å². The Labute approximate surface area is 142 Å². The van der Waals surface area contributed by atoms with Gasteiger partial charge in [-0.05, 0) is 75.7 Å². The van der Waals surface area contributed by atoms with Crippen molar-refractivity contribution in [1.82, 2.24) is 10.3 Å². The Morgan fingerprint density at radius 3 is 2.12 bits per heavy atom. The molecule has 2 N–H and O–H groups in total. The molecule has 0 spiro atoms. The number of aromatic amines is 1. The van der Waals surface area contributed by atoms with Crippen LogP contribution in [0.2, 0.25) is 0 Å². The van der Waals surface area contributed by atoms with Crippen LogP contribution in [0, 0.1) is 31.6 Å². The zero-order chi connectivity index (χ0) is 17.1. The van der Waals surface area contributed by atoms with Gasteiger partial charge in [0, 0.05) is 11.2 Å². The second kappa shape index (κ2) is 5.36. The van der Waals surface area contributed by atoms with Gasteiger partial charge in [-0.3, -0.25) is 4.79 Å². The molecule has 1 amide bonds. The van der Waals surface area contributed by atoms with Crippen molar-refractivity contribution in [1.29, 1.82) is 0 Å². The largest absolute Gasteiger partial charge is 0.465 e. The molecule has 0 aliphatic heterocycles. The molecule has 4 saturated carbocycles. The molecule has 5 heteroatoms. The average Bonchev–Trinajstić information content (AvgIpc) is 2.79. The number of ether oxygens (including phenoxy) is 1. The third-order valence-corrected chi connectivity index (χ3v) is 6.47. The Balaban J connectivity index is 1.58. The second-order valence-corrected chi connectivity index (χ2v) is 8.27. The number of aryl methyl sites for hydroxylation is 1. The minimum absolute atomic E-state index is 0.0251. The highest BCUT2D eigenvalue weighted by Gasteiger charge is 2.51. The summed E-state index contributed by atoms with van der Waals surface area (Å²) in [6.45, 7) is 3.62. The number of amides is 1. The van der Waals surface area contributed by atoms with Crippen LogP contribution in [0.3, 0.4) is 0 Å². The van der Waals surface area contributed by atoms with E-state index in [1.54, 1.807) is 6.92 Å². The van der Waals surface area contributed by atoms with E-state index in [0.29, 0.717) is 22.5 Å². The number of hydrogen-bond acceptors (Lipinski definition) is 3. The molecule has 4 aliphatic carbocycles. The molecule has 0 aromatic carbocycles. The third kappa shape index (κ3) is 2.36. The normalized spacial score (nSPS) is 33.5. The maximum Gasteiger partial charge on any atom is 0.339 e. The van der Waals surface area contributed by atoms with Crippen LogP contribution in [0.5, 0.6) is 0 Å². The molecular weight excluding hydrogens is 304 g/mol. The number of carbonyl (C=O) groups excluding carboxylic acids is 2. The number of methoxy groups -OCH3 is 1. The summed E-state index contributed by atoms with van der Waals surface area (Å²) in [7, 11) is 1.36. The smallest absolute Gasteiger partial charge is 0.339 e. The molecule has 4 aliphatic rings. The summed E-state index contributed by atoms with van der Waals surface area (Å²) in [5, 5.41) is 3.36. The van der Waals surface area contributed by atoms with Crippen LogP contribution >= 0.6 is 0 Å². The third-order valence-electron chi connectivity index (χ3n) is 6.47. The highest BCUT2D eigenvalue weighted by Crippen LogP contribution is 2.55. The number of esters is 1. The van der Waals surface area contributed by atoms with E-state index in [1.165, 1.54) is 26.4 Å². The molecule has 0 radical (unpaired) electrons. The van der Waals surface area contributed by atoms with Crippen LogP contribution in [-0.2, 0) is 4.74 Å². The Bertz CT molecular complexity index is 668. The Hall–Kier alpha value is -1.78. The van der Waals surface area contributed by atoms with Gasteiger partial charge in [-0.2, -0.15) is 0 Å². The van der Waals surface area contributed by atoms with Crippen LogP contribution in [-0.4, -0.2) is 29.5 Å². The van der Waals surface area contributed by atoms with E-state index in [2.05, 4.69) is 10.3 Å². The lowest BCUT2D eigenvalue weighted by Crippen LogP contribution is -2.59. The topological polar surface area (TPSA) is 71.2 Å². The van der Waals surface area contributed by atoms with Gasteiger partial charge in [-0.15, -0.1) is 0 Å². The van der Waals surface area contributed by atoms with Gasteiger partial charge in [0.15, 0.2) is 0 Å². The van der Waals surface area contributed by atoms with Crippen molar-refractivity contribution in [2.24, 2.45) is 17.8 Å². The van der Waals surface area contributed by atoms with Gasteiger partial charge in [-0.1, -0.05) is 0 Å². The first-order valence-electron chi connectivity index (χ1n) is 9.01. The lowest BCUT2D eigenvalue weighted by Gasteiger charge is -2.56. The maximum atomic E-state index is 12.9. The molecule has 1 aromatic rings. The van der Waals surface area contributed by atoms with E-state index >= 15 is 0 Å². The van der Waals surface area contributed by atoms with Crippen molar-refractivity contribution < 1.29 is 14.3 Å². The van der Waals surface area contributed by atoms with E-state index in [-0.39, 0.29) is 11.4 Å². The second-order valence-electron chi connectivity index (χ2n) is 8.27. The van der Waals surface area contributed by atoms with Crippen molar-refractivity contribution in [2.75, 3.05) is 7.11 Å². The van der Waals surface area contributed by atoms with Crippen LogP contribution in [0.25, 0.3) is 0 Å². The summed E-state index contributed by atoms with van der Waals surface area (Å²) < 4.78 is 4.83. The molecule has 0 atom stereocenters. The molecular formula is C19H26N2O3. The van der Waals surface area contributed by atoms with Crippen LogP contribution in [0.1, 0.15) is 70.6 Å². The van der Waals surface area contributed by atoms with Crippen LogP contribution in [0.4, 0.5) is 0 Å². The summed E-state index contributed by atoms with van der Waals surface area (Å²) in [5.41, 5.74) is 2.33. The number of rotatable bonds is 3. The van der Waals surface area contributed by atoms with Crippen molar-refractivity contribution in [3.05, 3.63) is 22.5 Å². The molecule has 0 saturated heterocycles. The summed E-state index contributed by atoms with van der Waals surface area (Å²) >= 11 is 0. The molecule has 4 bridgehead atoms. The zero-order valence-corrected chi connectivity index (χ0v) is 14.7.